The Hall–Kier alpha value is -1.68. The van der Waals surface area contributed by atoms with Crippen LogP contribution in [0.4, 0.5) is 5.69 Å². The lowest BCUT2D eigenvalue weighted by Gasteiger charge is -2.11. The number of fused-ring (bicyclic) bond motifs is 1. The molecule has 0 unspecified atom stereocenters. The van der Waals surface area contributed by atoms with Gasteiger partial charge in [-0.25, -0.2) is 0 Å². The molecule has 0 fully saturated rings. The summed E-state index contributed by atoms with van der Waals surface area (Å²) in [5.74, 6) is -0.217. The van der Waals surface area contributed by atoms with Gasteiger partial charge in [0.2, 0.25) is 0 Å². The molecule has 0 bridgehead atoms. The van der Waals surface area contributed by atoms with Gasteiger partial charge in [-0.15, -0.1) is 0 Å². The lowest BCUT2D eigenvalue weighted by molar-refractivity contribution is 0.101. The molecule has 3 aromatic rings. The van der Waals surface area contributed by atoms with Gasteiger partial charge in [-0.1, -0.05) is 34.8 Å². The Labute approximate surface area is 155 Å². The number of aryl methyl sites for hydroxylation is 2. The molecule has 0 saturated carbocycles. The molecule has 3 rings (SSSR count). The second kappa shape index (κ2) is 6.67. The van der Waals surface area contributed by atoms with E-state index in [1.807, 2.05) is 36.6 Å². The van der Waals surface area contributed by atoms with Crippen LogP contribution in [0.15, 0.2) is 36.4 Å². The lowest BCUT2D eigenvalue weighted by atomic mass is 10.1. The first-order valence-electron chi connectivity index (χ1n) is 7.47. The SMILES string of the molecule is CCn1c(C(=O)Nc2ccc(Cl)cc2Cl)c(C)c2cc(Cl)ccc21. The van der Waals surface area contributed by atoms with Gasteiger partial charge in [0.25, 0.3) is 5.91 Å². The minimum atomic E-state index is -0.217. The third-order valence-electron chi connectivity index (χ3n) is 3.99. The largest absolute Gasteiger partial charge is 0.337 e. The molecule has 124 valence electrons. The number of carbonyl (C=O) groups excluding carboxylic acids is 1. The zero-order valence-corrected chi connectivity index (χ0v) is 15.4. The van der Waals surface area contributed by atoms with Crippen LogP contribution in [0.5, 0.6) is 0 Å². The average molecular weight is 382 g/mol. The van der Waals surface area contributed by atoms with Gasteiger partial charge in [-0.2, -0.15) is 0 Å². The van der Waals surface area contributed by atoms with E-state index in [0.717, 1.165) is 16.5 Å². The smallest absolute Gasteiger partial charge is 0.272 e. The predicted molar refractivity (Wildman–Crippen MR) is 102 cm³/mol. The summed E-state index contributed by atoms with van der Waals surface area (Å²) in [6.45, 7) is 4.59. The van der Waals surface area contributed by atoms with E-state index >= 15 is 0 Å². The van der Waals surface area contributed by atoms with Crippen molar-refractivity contribution in [3.63, 3.8) is 0 Å². The van der Waals surface area contributed by atoms with Crippen LogP contribution in [-0.2, 0) is 6.54 Å². The number of aromatic nitrogens is 1. The van der Waals surface area contributed by atoms with Crippen molar-refractivity contribution in [2.24, 2.45) is 0 Å². The highest BCUT2D eigenvalue weighted by Gasteiger charge is 2.20. The van der Waals surface area contributed by atoms with Crippen LogP contribution < -0.4 is 5.32 Å². The fourth-order valence-electron chi connectivity index (χ4n) is 2.89. The summed E-state index contributed by atoms with van der Waals surface area (Å²) in [7, 11) is 0. The van der Waals surface area contributed by atoms with E-state index in [0.29, 0.717) is 33.0 Å². The van der Waals surface area contributed by atoms with Gasteiger partial charge in [0, 0.05) is 27.5 Å². The van der Waals surface area contributed by atoms with Crippen molar-refractivity contribution in [2.45, 2.75) is 20.4 Å². The number of hydrogen-bond acceptors (Lipinski definition) is 1. The molecule has 0 radical (unpaired) electrons. The fraction of sp³-hybridized carbons (Fsp3) is 0.167. The molecule has 1 amide bonds. The summed E-state index contributed by atoms with van der Waals surface area (Å²) in [4.78, 5) is 12.8. The molecule has 3 nitrogen and oxygen atoms in total. The second-order valence-electron chi connectivity index (χ2n) is 5.46. The Balaban J connectivity index is 2.08. The number of carbonyl (C=O) groups is 1. The highest BCUT2D eigenvalue weighted by Crippen LogP contribution is 2.30. The van der Waals surface area contributed by atoms with Crippen LogP contribution in [0.2, 0.25) is 15.1 Å². The van der Waals surface area contributed by atoms with Gasteiger partial charge in [-0.3, -0.25) is 4.79 Å². The molecule has 0 aliphatic carbocycles. The van der Waals surface area contributed by atoms with E-state index in [-0.39, 0.29) is 5.91 Å². The molecule has 6 heteroatoms. The molecule has 0 spiro atoms. The van der Waals surface area contributed by atoms with E-state index in [1.54, 1.807) is 18.2 Å². The second-order valence-corrected chi connectivity index (χ2v) is 6.74. The molecular weight excluding hydrogens is 367 g/mol. The van der Waals surface area contributed by atoms with E-state index in [1.165, 1.54) is 0 Å². The number of amides is 1. The first-order valence-corrected chi connectivity index (χ1v) is 8.60. The number of nitrogens with zero attached hydrogens (tertiary/aromatic N) is 1. The Bertz CT molecular complexity index is 947. The van der Waals surface area contributed by atoms with Crippen molar-refractivity contribution in [2.75, 3.05) is 5.32 Å². The van der Waals surface area contributed by atoms with Crippen molar-refractivity contribution in [1.82, 2.24) is 4.57 Å². The Morgan fingerprint density at radius 1 is 1.08 bits per heavy atom. The zero-order valence-electron chi connectivity index (χ0n) is 13.2. The van der Waals surface area contributed by atoms with Crippen molar-refractivity contribution in [3.05, 3.63) is 62.7 Å². The van der Waals surface area contributed by atoms with E-state index in [2.05, 4.69) is 5.32 Å². The molecular formula is C18H15Cl3N2O. The normalized spacial score (nSPS) is 11.0. The maximum atomic E-state index is 12.8. The van der Waals surface area contributed by atoms with E-state index in [4.69, 9.17) is 34.8 Å². The van der Waals surface area contributed by atoms with Crippen LogP contribution in [0.1, 0.15) is 23.0 Å². The number of benzene rings is 2. The fourth-order valence-corrected chi connectivity index (χ4v) is 3.52. The van der Waals surface area contributed by atoms with Crippen LogP contribution in [0.3, 0.4) is 0 Å². The summed E-state index contributed by atoms with van der Waals surface area (Å²) in [5, 5.41) is 5.39. The summed E-state index contributed by atoms with van der Waals surface area (Å²) in [5.41, 5.74) is 2.99. The predicted octanol–water partition coefficient (Wildman–Crippen LogP) is 6.18. The Morgan fingerprint density at radius 3 is 2.42 bits per heavy atom. The van der Waals surface area contributed by atoms with Gasteiger partial charge < -0.3 is 9.88 Å². The number of halogens is 3. The molecule has 1 aromatic heterocycles. The molecule has 24 heavy (non-hydrogen) atoms. The molecule has 0 aliphatic heterocycles. The molecule has 1 heterocycles. The van der Waals surface area contributed by atoms with E-state index in [9.17, 15) is 4.79 Å². The Kier molecular flexibility index (Phi) is 4.77. The van der Waals surface area contributed by atoms with Crippen molar-refractivity contribution in [1.29, 1.82) is 0 Å². The first-order chi connectivity index (χ1) is 11.4. The molecule has 0 atom stereocenters. The summed E-state index contributed by atoms with van der Waals surface area (Å²) >= 11 is 18.1. The third-order valence-corrected chi connectivity index (χ3v) is 4.77. The van der Waals surface area contributed by atoms with Gasteiger partial charge in [0.05, 0.1) is 10.7 Å². The molecule has 0 aliphatic rings. The molecule has 1 N–H and O–H groups in total. The van der Waals surface area contributed by atoms with Gasteiger partial charge in [0.1, 0.15) is 5.69 Å². The minimum Gasteiger partial charge on any atom is -0.337 e. The Morgan fingerprint density at radius 2 is 1.75 bits per heavy atom. The molecule has 0 saturated heterocycles. The molecule has 2 aromatic carbocycles. The van der Waals surface area contributed by atoms with Crippen LogP contribution in [-0.4, -0.2) is 10.5 Å². The summed E-state index contributed by atoms with van der Waals surface area (Å²) in [6.07, 6.45) is 0. The van der Waals surface area contributed by atoms with Crippen LogP contribution in [0.25, 0.3) is 10.9 Å². The average Bonchev–Trinajstić information content (AvgIpc) is 2.82. The van der Waals surface area contributed by atoms with Crippen LogP contribution >= 0.6 is 34.8 Å². The lowest BCUT2D eigenvalue weighted by Crippen LogP contribution is -2.18. The van der Waals surface area contributed by atoms with Gasteiger partial charge >= 0.3 is 0 Å². The topological polar surface area (TPSA) is 34.0 Å². The van der Waals surface area contributed by atoms with Crippen molar-refractivity contribution < 1.29 is 4.79 Å². The van der Waals surface area contributed by atoms with Crippen LogP contribution in [0, 0.1) is 6.92 Å². The zero-order chi connectivity index (χ0) is 17.4. The standard InChI is InChI=1S/C18H15Cl3N2O/c1-3-23-16-7-5-11(19)8-13(16)10(2)17(23)18(24)22-15-6-4-12(20)9-14(15)21/h4-9H,3H2,1-2H3,(H,22,24). The number of anilines is 1. The van der Waals surface area contributed by atoms with Gasteiger partial charge in [-0.05, 0) is 55.8 Å². The monoisotopic (exact) mass is 380 g/mol. The first kappa shape index (κ1) is 17.2. The minimum absolute atomic E-state index is 0.217. The summed E-state index contributed by atoms with van der Waals surface area (Å²) < 4.78 is 1.97. The van der Waals surface area contributed by atoms with Gasteiger partial charge in [0.15, 0.2) is 0 Å². The summed E-state index contributed by atoms with van der Waals surface area (Å²) in [6, 6.07) is 10.6. The van der Waals surface area contributed by atoms with Crippen molar-refractivity contribution >= 4 is 57.3 Å². The number of nitrogens with one attached hydrogen (secondary N) is 1. The highest BCUT2D eigenvalue weighted by atomic mass is 35.5. The van der Waals surface area contributed by atoms with E-state index < -0.39 is 0 Å². The quantitative estimate of drug-likeness (QED) is 0.577. The maximum Gasteiger partial charge on any atom is 0.272 e. The number of hydrogen-bond donors (Lipinski definition) is 1. The maximum absolute atomic E-state index is 12.8. The third kappa shape index (κ3) is 3.00. The highest BCUT2D eigenvalue weighted by molar-refractivity contribution is 6.37. The number of rotatable bonds is 3. The van der Waals surface area contributed by atoms with Crippen molar-refractivity contribution in [3.8, 4) is 0 Å².